The molecule has 96 valence electrons. The summed E-state index contributed by atoms with van der Waals surface area (Å²) in [4.78, 5) is 8.65. The van der Waals surface area contributed by atoms with Crippen LogP contribution in [0.2, 0.25) is 0 Å². The SMILES string of the molecule is CNCC1CCCc2sc(CCN(C)C)nc21. The maximum atomic E-state index is 4.87. The average molecular weight is 253 g/mol. The summed E-state index contributed by atoms with van der Waals surface area (Å²) < 4.78 is 0. The molecule has 0 aromatic carbocycles. The van der Waals surface area contributed by atoms with Crippen molar-refractivity contribution in [3.8, 4) is 0 Å². The number of aromatic nitrogens is 1. The zero-order valence-electron chi connectivity index (χ0n) is 11.1. The summed E-state index contributed by atoms with van der Waals surface area (Å²) >= 11 is 1.94. The van der Waals surface area contributed by atoms with Gasteiger partial charge in [0.1, 0.15) is 0 Å². The minimum absolute atomic E-state index is 0.646. The number of fused-ring (bicyclic) bond motifs is 1. The van der Waals surface area contributed by atoms with Gasteiger partial charge in [0, 0.05) is 30.3 Å². The van der Waals surface area contributed by atoms with E-state index in [1.807, 2.05) is 18.4 Å². The van der Waals surface area contributed by atoms with Gasteiger partial charge in [-0.3, -0.25) is 0 Å². The van der Waals surface area contributed by atoms with Crippen molar-refractivity contribution in [3.63, 3.8) is 0 Å². The Morgan fingerprint density at radius 3 is 3.00 bits per heavy atom. The van der Waals surface area contributed by atoms with E-state index in [-0.39, 0.29) is 0 Å². The second-order valence-corrected chi connectivity index (χ2v) is 6.28. The molecule has 0 amide bonds. The molecule has 0 saturated carbocycles. The van der Waals surface area contributed by atoms with Gasteiger partial charge in [0.05, 0.1) is 10.7 Å². The zero-order chi connectivity index (χ0) is 12.3. The summed E-state index contributed by atoms with van der Waals surface area (Å²) in [5.74, 6) is 0.646. The largest absolute Gasteiger partial charge is 0.319 e. The third-order valence-electron chi connectivity index (χ3n) is 3.34. The van der Waals surface area contributed by atoms with Crippen LogP contribution in [-0.4, -0.2) is 44.1 Å². The summed E-state index contributed by atoms with van der Waals surface area (Å²) in [6.45, 7) is 2.17. The van der Waals surface area contributed by atoms with Crippen LogP contribution in [0, 0.1) is 0 Å². The molecule has 2 rings (SSSR count). The van der Waals surface area contributed by atoms with Crippen LogP contribution in [0.1, 0.15) is 34.3 Å². The number of aryl methyl sites for hydroxylation is 1. The predicted molar refractivity (Wildman–Crippen MR) is 74.0 cm³/mol. The molecule has 1 aromatic heterocycles. The first-order chi connectivity index (χ1) is 8.20. The van der Waals surface area contributed by atoms with Gasteiger partial charge < -0.3 is 10.2 Å². The fraction of sp³-hybridized carbons (Fsp3) is 0.769. The Morgan fingerprint density at radius 1 is 1.47 bits per heavy atom. The first-order valence-corrected chi connectivity index (χ1v) is 7.30. The lowest BCUT2D eigenvalue weighted by Gasteiger charge is -2.20. The van der Waals surface area contributed by atoms with Crippen molar-refractivity contribution < 1.29 is 0 Å². The summed E-state index contributed by atoms with van der Waals surface area (Å²) in [5.41, 5.74) is 1.39. The van der Waals surface area contributed by atoms with Crippen LogP contribution in [-0.2, 0) is 12.8 Å². The molecule has 17 heavy (non-hydrogen) atoms. The van der Waals surface area contributed by atoms with E-state index in [9.17, 15) is 0 Å². The van der Waals surface area contributed by atoms with E-state index in [2.05, 4.69) is 24.3 Å². The number of nitrogens with zero attached hydrogens (tertiary/aromatic N) is 2. The summed E-state index contributed by atoms with van der Waals surface area (Å²) in [7, 11) is 6.28. The first-order valence-electron chi connectivity index (χ1n) is 6.48. The highest BCUT2D eigenvalue weighted by Gasteiger charge is 2.23. The van der Waals surface area contributed by atoms with Crippen molar-refractivity contribution in [1.29, 1.82) is 0 Å². The molecule has 1 aliphatic rings. The smallest absolute Gasteiger partial charge is 0.0944 e. The molecule has 1 aromatic rings. The Morgan fingerprint density at radius 2 is 2.29 bits per heavy atom. The molecule has 0 fully saturated rings. The summed E-state index contributed by atoms with van der Waals surface area (Å²) in [5, 5.41) is 4.62. The molecule has 1 atom stereocenters. The molecular weight excluding hydrogens is 230 g/mol. The molecule has 3 nitrogen and oxygen atoms in total. The minimum Gasteiger partial charge on any atom is -0.319 e. The maximum absolute atomic E-state index is 4.87. The molecule has 1 heterocycles. The molecule has 0 spiro atoms. The van der Waals surface area contributed by atoms with Gasteiger partial charge in [-0.1, -0.05) is 0 Å². The predicted octanol–water partition coefficient (Wildman–Crippen LogP) is 1.89. The Labute approximate surface area is 108 Å². The van der Waals surface area contributed by atoms with Crippen LogP contribution < -0.4 is 5.32 Å². The topological polar surface area (TPSA) is 28.2 Å². The molecule has 1 unspecified atom stereocenters. The van der Waals surface area contributed by atoms with Crippen LogP contribution in [0.5, 0.6) is 0 Å². The monoisotopic (exact) mass is 253 g/mol. The van der Waals surface area contributed by atoms with Crippen molar-refractivity contribution in [2.24, 2.45) is 0 Å². The molecule has 0 saturated heterocycles. The Bertz CT molecular complexity index is 360. The van der Waals surface area contributed by atoms with Gasteiger partial charge in [-0.2, -0.15) is 0 Å². The standard InChI is InChI=1S/C13H23N3S/c1-14-9-10-5-4-6-11-13(10)15-12(17-11)7-8-16(2)3/h10,14H,4-9H2,1-3H3. The van der Waals surface area contributed by atoms with Crippen molar-refractivity contribution in [2.45, 2.75) is 31.6 Å². The molecule has 1 N–H and O–H groups in total. The number of rotatable bonds is 5. The van der Waals surface area contributed by atoms with E-state index in [4.69, 9.17) is 4.98 Å². The lowest BCUT2D eigenvalue weighted by molar-refractivity contribution is 0.413. The third kappa shape index (κ3) is 3.27. The fourth-order valence-electron chi connectivity index (χ4n) is 2.43. The Kier molecular flexibility index (Phi) is 4.54. The van der Waals surface area contributed by atoms with E-state index in [1.54, 1.807) is 4.88 Å². The third-order valence-corrected chi connectivity index (χ3v) is 4.53. The number of hydrogen-bond acceptors (Lipinski definition) is 4. The van der Waals surface area contributed by atoms with Crippen LogP contribution in [0.25, 0.3) is 0 Å². The number of likely N-dealkylation sites (N-methyl/N-ethyl adjacent to an activating group) is 2. The zero-order valence-corrected chi connectivity index (χ0v) is 11.9. The normalized spacial score (nSPS) is 19.6. The fourth-order valence-corrected chi connectivity index (χ4v) is 3.61. The molecule has 0 aliphatic heterocycles. The van der Waals surface area contributed by atoms with Crippen LogP contribution in [0.4, 0.5) is 0 Å². The van der Waals surface area contributed by atoms with Crippen molar-refractivity contribution in [1.82, 2.24) is 15.2 Å². The van der Waals surface area contributed by atoms with Gasteiger partial charge in [-0.05, 0) is 40.4 Å². The van der Waals surface area contributed by atoms with Crippen molar-refractivity contribution >= 4 is 11.3 Å². The Hall–Kier alpha value is -0.450. The van der Waals surface area contributed by atoms with E-state index < -0.39 is 0 Å². The van der Waals surface area contributed by atoms with Crippen molar-refractivity contribution in [2.75, 3.05) is 34.2 Å². The van der Waals surface area contributed by atoms with Gasteiger partial charge in [-0.15, -0.1) is 11.3 Å². The van der Waals surface area contributed by atoms with E-state index >= 15 is 0 Å². The highest BCUT2D eigenvalue weighted by Crippen LogP contribution is 2.34. The van der Waals surface area contributed by atoms with Crippen LogP contribution >= 0.6 is 11.3 Å². The second kappa shape index (κ2) is 5.94. The molecule has 1 aliphatic carbocycles. The molecule has 0 bridgehead atoms. The van der Waals surface area contributed by atoms with Crippen molar-refractivity contribution in [3.05, 3.63) is 15.6 Å². The molecule has 0 radical (unpaired) electrons. The van der Waals surface area contributed by atoms with E-state index in [1.165, 1.54) is 30.0 Å². The van der Waals surface area contributed by atoms with Gasteiger partial charge in [0.15, 0.2) is 0 Å². The molecule has 4 heteroatoms. The summed E-state index contributed by atoms with van der Waals surface area (Å²) in [6.07, 6.45) is 4.96. The van der Waals surface area contributed by atoms with E-state index in [0.29, 0.717) is 5.92 Å². The van der Waals surface area contributed by atoms with Gasteiger partial charge in [0.25, 0.3) is 0 Å². The lowest BCUT2D eigenvalue weighted by atomic mass is 9.91. The second-order valence-electron chi connectivity index (χ2n) is 5.12. The average Bonchev–Trinajstić information content (AvgIpc) is 2.71. The number of nitrogens with one attached hydrogen (secondary N) is 1. The van der Waals surface area contributed by atoms with Crippen LogP contribution in [0.3, 0.4) is 0 Å². The lowest BCUT2D eigenvalue weighted by Crippen LogP contribution is -2.21. The minimum atomic E-state index is 0.646. The summed E-state index contributed by atoms with van der Waals surface area (Å²) in [6, 6.07) is 0. The van der Waals surface area contributed by atoms with Gasteiger partial charge in [0.2, 0.25) is 0 Å². The van der Waals surface area contributed by atoms with Gasteiger partial charge >= 0.3 is 0 Å². The quantitative estimate of drug-likeness (QED) is 0.868. The number of hydrogen-bond donors (Lipinski definition) is 1. The first kappa shape index (κ1) is 13.0. The highest BCUT2D eigenvalue weighted by molar-refractivity contribution is 7.11. The molecular formula is C13H23N3S. The van der Waals surface area contributed by atoms with Gasteiger partial charge in [-0.25, -0.2) is 4.98 Å². The Balaban J connectivity index is 2.07. The highest BCUT2D eigenvalue weighted by atomic mass is 32.1. The van der Waals surface area contributed by atoms with Crippen LogP contribution in [0.15, 0.2) is 0 Å². The number of thiazole rings is 1. The van der Waals surface area contributed by atoms with E-state index in [0.717, 1.165) is 19.5 Å². The maximum Gasteiger partial charge on any atom is 0.0944 e.